The van der Waals surface area contributed by atoms with E-state index >= 15 is 0 Å². The molecule has 1 heterocycles. The van der Waals surface area contributed by atoms with E-state index in [0.29, 0.717) is 5.69 Å². The van der Waals surface area contributed by atoms with Gasteiger partial charge in [0.1, 0.15) is 0 Å². The molecule has 7 heteroatoms. The van der Waals surface area contributed by atoms with Gasteiger partial charge in [-0.1, -0.05) is 37.9 Å². The number of carboxylic acids is 1. The second-order valence-electron chi connectivity index (χ2n) is 6.37. The van der Waals surface area contributed by atoms with Crippen molar-refractivity contribution in [1.29, 1.82) is 0 Å². The molecule has 2 amide bonds. The molecule has 1 aliphatic heterocycles. The predicted octanol–water partition coefficient (Wildman–Crippen LogP) is 2.67. The number of hydrogen-bond donors (Lipinski definition) is 1. The molecule has 0 spiro atoms. The second kappa shape index (κ2) is 5.14. The third-order valence-corrected chi connectivity index (χ3v) is 8.55. The lowest BCUT2D eigenvalue weighted by molar-refractivity contribution is -0.123. The lowest BCUT2D eigenvalue weighted by Gasteiger charge is -2.28. The van der Waals surface area contributed by atoms with Gasteiger partial charge in [-0.3, -0.25) is 14.5 Å². The second-order valence-corrected chi connectivity index (χ2v) is 8.49. The van der Waals surface area contributed by atoms with Crippen molar-refractivity contribution in [2.24, 2.45) is 23.7 Å². The molecule has 0 radical (unpaired) electrons. The highest BCUT2D eigenvalue weighted by Crippen LogP contribution is 2.60. The summed E-state index contributed by atoms with van der Waals surface area (Å²) in [5, 5.41) is 9.11. The number of anilines is 1. The Balaban J connectivity index is 1.73. The lowest BCUT2D eigenvalue weighted by Crippen LogP contribution is -2.37. The van der Waals surface area contributed by atoms with Crippen LogP contribution < -0.4 is 4.90 Å². The zero-order valence-corrected chi connectivity index (χ0v) is 15.0. The van der Waals surface area contributed by atoms with E-state index in [9.17, 15) is 14.4 Å². The van der Waals surface area contributed by atoms with Gasteiger partial charge in [0.2, 0.25) is 11.8 Å². The van der Waals surface area contributed by atoms with Crippen LogP contribution in [-0.2, 0) is 9.59 Å². The van der Waals surface area contributed by atoms with Crippen molar-refractivity contribution in [3.63, 3.8) is 0 Å². The monoisotopic (exact) mass is 441 g/mol. The van der Waals surface area contributed by atoms with Crippen LogP contribution in [0.4, 0.5) is 5.69 Å². The van der Waals surface area contributed by atoms with E-state index in [0.717, 1.165) is 6.42 Å². The number of fused-ring (bicyclic) bond motifs is 5. The van der Waals surface area contributed by atoms with Crippen molar-refractivity contribution in [3.8, 4) is 0 Å². The van der Waals surface area contributed by atoms with Crippen molar-refractivity contribution in [1.82, 2.24) is 0 Å². The van der Waals surface area contributed by atoms with Crippen molar-refractivity contribution < 1.29 is 19.5 Å². The molecular weight excluding hydrogens is 430 g/mol. The van der Waals surface area contributed by atoms with E-state index < -0.39 is 5.97 Å². The van der Waals surface area contributed by atoms with E-state index in [-0.39, 0.29) is 50.7 Å². The first-order chi connectivity index (χ1) is 10.9. The number of benzene rings is 1. The lowest BCUT2D eigenvalue weighted by atomic mass is 9.81. The zero-order valence-electron chi connectivity index (χ0n) is 11.9. The molecule has 2 aliphatic carbocycles. The van der Waals surface area contributed by atoms with Gasteiger partial charge in [0.25, 0.3) is 0 Å². The van der Waals surface area contributed by atoms with Crippen LogP contribution in [0.25, 0.3) is 0 Å². The molecule has 0 aromatic heterocycles. The molecule has 6 atom stereocenters. The Hall–Kier alpha value is -1.21. The number of aromatic carboxylic acids is 1. The number of nitrogens with zero attached hydrogens (tertiary/aromatic N) is 1. The van der Waals surface area contributed by atoms with Crippen molar-refractivity contribution in [3.05, 3.63) is 29.8 Å². The molecule has 1 saturated heterocycles. The maximum absolute atomic E-state index is 12.8. The van der Waals surface area contributed by atoms with E-state index in [4.69, 9.17) is 5.11 Å². The van der Waals surface area contributed by atoms with Crippen LogP contribution in [0.2, 0.25) is 0 Å². The molecule has 4 rings (SSSR count). The summed E-state index contributed by atoms with van der Waals surface area (Å²) >= 11 is 7.29. The number of halogens is 2. The molecule has 1 N–H and O–H groups in total. The molecule has 3 aliphatic rings. The van der Waals surface area contributed by atoms with E-state index in [1.54, 1.807) is 12.1 Å². The summed E-state index contributed by atoms with van der Waals surface area (Å²) in [6.07, 6.45) is 0.877. The molecule has 5 nitrogen and oxygen atoms in total. The summed E-state index contributed by atoms with van der Waals surface area (Å²) in [4.78, 5) is 38.4. The van der Waals surface area contributed by atoms with E-state index in [2.05, 4.69) is 31.9 Å². The minimum Gasteiger partial charge on any atom is -0.478 e. The fraction of sp³-hybridized carbons (Fsp3) is 0.438. The highest BCUT2D eigenvalue weighted by molar-refractivity contribution is 9.12. The summed E-state index contributed by atoms with van der Waals surface area (Å²) in [5.74, 6) is -1.75. The smallest absolute Gasteiger partial charge is 0.335 e. The molecule has 1 aromatic rings. The van der Waals surface area contributed by atoms with Gasteiger partial charge in [-0.2, -0.15) is 0 Å². The standard InChI is InChI=1S/C16H13Br2NO4/c17-12-8-5-9(13(12)18)11-10(8)14(20)19(15(11)21)7-3-1-2-6(4-7)16(22)23/h1-4,8-13H,5H2,(H,22,23). The average molecular weight is 443 g/mol. The number of carbonyl (C=O) groups excluding carboxylic acids is 2. The summed E-state index contributed by atoms with van der Waals surface area (Å²) in [5.41, 5.74) is 0.422. The van der Waals surface area contributed by atoms with Crippen molar-refractivity contribution >= 4 is 55.3 Å². The third-order valence-electron chi connectivity index (χ3n) is 5.34. The highest BCUT2D eigenvalue weighted by atomic mass is 79.9. The number of amides is 2. The molecule has 2 bridgehead atoms. The van der Waals surface area contributed by atoms with E-state index in [1.807, 2.05) is 0 Å². The van der Waals surface area contributed by atoms with Crippen molar-refractivity contribution in [2.75, 3.05) is 4.90 Å². The Kier molecular flexibility index (Phi) is 3.43. The maximum Gasteiger partial charge on any atom is 0.335 e. The van der Waals surface area contributed by atoms with Gasteiger partial charge >= 0.3 is 5.97 Å². The number of carboxylic acid groups (broad SMARTS) is 1. The molecule has 6 unspecified atom stereocenters. The number of alkyl halides is 2. The van der Waals surface area contributed by atoms with Gasteiger partial charge in [0.15, 0.2) is 0 Å². The van der Waals surface area contributed by atoms with Gasteiger partial charge in [0, 0.05) is 9.65 Å². The summed E-state index contributed by atoms with van der Waals surface area (Å²) in [6.45, 7) is 0. The fourth-order valence-electron chi connectivity index (χ4n) is 4.38. The topological polar surface area (TPSA) is 74.7 Å². The maximum atomic E-state index is 12.8. The number of hydrogen-bond acceptors (Lipinski definition) is 3. The largest absolute Gasteiger partial charge is 0.478 e. The minimum absolute atomic E-state index is 0.0693. The Morgan fingerprint density at radius 1 is 1.09 bits per heavy atom. The Bertz CT molecular complexity index is 705. The SMILES string of the molecule is O=C(O)c1cccc(N2C(=O)C3C4CC(C(Br)C4Br)C3C2=O)c1. The Morgan fingerprint density at radius 3 is 2.17 bits per heavy atom. The zero-order chi connectivity index (χ0) is 16.5. The highest BCUT2D eigenvalue weighted by Gasteiger charge is 2.66. The van der Waals surface area contributed by atoms with Crippen LogP contribution in [0.5, 0.6) is 0 Å². The first kappa shape index (κ1) is 15.3. The van der Waals surface area contributed by atoms with Gasteiger partial charge < -0.3 is 5.11 Å². The summed E-state index contributed by atoms with van der Waals surface area (Å²) in [7, 11) is 0. The molecular formula is C16H13Br2NO4. The number of carbonyl (C=O) groups is 3. The Labute approximate surface area is 149 Å². The predicted molar refractivity (Wildman–Crippen MR) is 89.9 cm³/mol. The first-order valence-electron chi connectivity index (χ1n) is 7.41. The van der Waals surface area contributed by atoms with Crippen molar-refractivity contribution in [2.45, 2.75) is 16.1 Å². The van der Waals surface area contributed by atoms with Gasteiger partial charge in [-0.05, 0) is 36.5 Å². The van der Waals surface area contributed by atoms with Crippen LogP contribution in [0.15, 0.2) is 24.3 Å². The Morgan fingerprint density at radius 2 is 1.65 bits per heavy atom. The van der Waals surface area contributed by atoms with Crippen LogP contribution >= 0.6 is 31.9 Å². The molecule has 1 aromatic carbocycles. The molecule has 3 fully saturated rings. The van der Waals surface area contributed by atoms with Crippen LogP contribution in [0.3, 0.4) is 0 Å². The van der Waals surface area contributed by atoms with Gasteiger partial charge in [0.05, 0.1) is 23.1 Å². The summed E-state index contributed by atoms with van der Waals surface area (Å²) in [6, 6.07) is 6.01. The van der Waals surface area contributed by atoms with Crippen LogP contribution in [0.1, 0.15) is 16.8 Å². The fourth-order valence-corrected chi connectivity index (χ4v) is 6.25. The van der Waals surface area contributed by atoms with E-state index in [1.165, 1.54) is 17.0 Å². The van der Waals surface area contributed by atoms with Gasteiger partial charge in [-0.15, -0.1) is 0 Å². The normalized spacial score (nSPS) is 38.3. The molecule has 2 saturated carbocycles. The number of rotatable bonds is 2. The quantitative estimate of drug-likeness (QED) is 0.564. The average Bonchev–Trinajstić information content (AvgIpc) is 3.12. The molecule has 23 heavy (non-hydrogen) atoms. The minimum atomic E-state index is -1.08. The third kappa shape index (κ3) is 1.99. The number of imide groups is 1. The van der Waals surface area contributed by atoms with Crippen LogP contribution in [0, 0.1) is 23.7 Å². The summed E-state index contributed by atoms with van der Waals surface area (Å²) < 4.78 is 0. The van der Waals surface area contributed by atoms with Crippen LogP contribution in [-0.4, -0.2) is 32.5 Å². The first-order valence-corrected chi connectivity index (χ1v) is 9.24. The molecule has 120 valence electrons. The van der Waals surface area contributed by atoms with Gasteiger partial charge in [-0.25, -0.2) is 4.79 Å².